The summed E-state index contributed by atoms with van der Waals surface area (Å²) in [5, 5.41) is 12.1. The van der Waals surface area contributed by atoms with E-state index in [0.29, 0.717) is 36.7 Å². The summed E-state index contributed by atoms with van der Waals surface area (Å²) in [6, 6.07) is 1.64. The molecule has 0 atom stereocenters. The number of hydrogen-bond acceptors (Lipinski definition) is 6. The standard InChI is InChI=1S/C10H15ClN4O2/c11-8-7-9(12-1-4-16)14-10(13-8)15-2-5-17-6-3-15/h7,16H,1-6H2,(H,12,13,14). The van der Waals surface area contributed by atoms with Gasteiger partial charge in [0.1, 0.15) is 11.0 Å². The van der Waals surface area contributed by atoms with Crippen LogP contribution in [0.4, 0.5) is 11.8 Å². The van der Waals surface area contributed by atoms with Gasteiger partial charge in [0.05, 0.1) is 19.8 Å². The number of ether oxygens (including phenoxy) is 1. The van der Waals surface area contributed by atoms with E-state index >= 15 is 0 Å². The minimum Gasteiger partial charge on any atom is -0.395 e. The molecule has 1 aliphatic rings. The Morgan fingerprint density at radius 1 is 1.41 bits per heavy atom. The van der Waals surface area contributed by atoms with Gasteiger partial charge in [0.25, 0.3) is 0 Å². The molecule has 1 saturated heterocycles. The maximum Gasteiger partial charge on any atom is 0.228 e. The number of aliphatic hydroxyl groups excluding tert-OH is 1. The zero-order valence-corrected chi connectivity index (χ0v) is 10.2. The highest BCUT2D eigenvalue weighted by Gasteiger charge is 2.15. The van der Waals surface area contributed by atoms with E-state index in [-0.39, 0.29) is 6.61 Å². The molecule has 1 aliphatic heterocycles. The van der Waals surface area contributed by atoms with Crippen molar-refractivity contribution >= 4 is 23.4 Å². The molecule has 0 aromatic carbocycles. The molecule has 2 heterocycles. The van der Waals surface area contributed by atoms with E-state index in [0.717, 1.165) is 13.1 Å². The molecule has 2 rings (SSSR count). The van der Waals surface area contributed by atoms with Crippen molar-refractivity contribution in [2.75, 3.05) is 49.7 Å². The fourth-order valence-corrected chi connectivity index (χ4v) is 1.76. The normalized spacial score (nSPS) is 16.0. The summed E-state index contributed by atoms with van der Waals surface area (Å²) in [6.07, 6.45) is 0. The van der Waals surface area contributed by atoms with Crippen LogP contribution in [0.15, 0.2) is 6.07 Å². The molecule has 0 bridgehead atoms. The number of aliphatic hydroxyl groups is 1. The van der Waals surface area contributed by atoms with Crippen LogP contribution in [-0.4, -0.2) is 54.5 Å². The number of hydrogen-bond donors (Lipinski definition) is 2. The van der Waals surface area contributed by atoms with E-state index in [4.69, 9.17) is 21.4 Å². The highest BCUT2D eigenvalue weighted by atomic mass is 35.5. The molecule has 2 N–H and O–H groups in total. The van der Waals surface area contributed by atoms with Crippen molar-refractivity contribution in [1.82, 2.24) is 9.97 Å². The summed E-state index contributed by atoms with van der Waals surface area (Å²) >= 11 is 5.94. The number of aromatic nitrogens is 2. The fourth-order valence-electron chi connectivity index (χ4n) is 1.58. The minimum atomic E-state index is 0.0501. The molecule has 7 heteroatoms. The Morgan fingerprint density at radius 2 is 2.18 bits per heavy atom. The van der Waals surface area contributed by atoms with Gasteiger partial charge in [0.2, 0.25) is 5.95 Å². The second kappa shape index (κ2) is 6.00. The second-order valence-electron chi connectivity index (χ2n) is 3.63. The zero-order chi connectivity index (χ0) is 12.1. The summed E-state index contributed by atoms with van der Waals surface area (Å²) in [6.45, 7) is 3.37. The first-order valence-corrected chi connectivity index (χ1v) is 5.89. The predicted molar refractivity (Wildman–Crippen MR) is 65.6 cm³/mol. The molecule has 17 heavy (non-hydrogen) atoms. The SMILES string of the molecule is OCCNc1cc(Cl)nc(N2CCOCC2)n1. The quantitative estimate of drug-likeness (QED) is 0.761. The second-order valence-corrected chi connectivity index (χ2v) is 4.01. The molecule has 0 unspecified atom stereocenters. The van der Waals surface area contributed by atoms with E-state index in [9.17, 15) is 0 Å². The summed E-state index contributed by atoms with van der Waals surface area (Å²) in [5.74, 6) is 1.22. The van der Waals surface area contributed by atoms with Gasteiger partial charge < -0.3 is 20.1 Å². The van der Waals surface area contributed by atoms with E-state index < -0.39 is 0 Å². The Morgan fingerprint density at radius 3 is 2.88 bits per heavy atom. The van der Waals surface area contributed by atoms with Crippen LogP contribution in [0, 0.1) is 0 Å². The Hall–Kier alpha value is -1.11. The molecule has 0 radical (unpaired) electrons. The van der Waals surface area contributed by atoms with Crippen LogP contribution in [0.3, 0.4) is 0 Å². The third kappa shape index (κ3) is 3.42. The molecule has 0 amide bonds. The van der Waals surface area contributed by atoms with E-state index in [1.807, 2.05) is 4.90 Å². The summed E-state index contributed by atoms with van der Waals surface area (Å²) in [4.78, 5) is 10.6. The molecule has 1 aromatic rings. The predicted octanol–water partition coefficient (Wildman–Crippen LogP) is 0.371. The monoisotopic (exact) mass is 258 g/mol. The van der Waals surface area contributed by atoms with Crippen molar-refractivity contribution in [3.63, 3.8) is 0 Å². The summed E-state index contributed by atoms with van der Waals surface area (Å²) in [7, 11) is 0. The number of halogens is 1. The van der Waals surface area contributed by atoms with Gasteiger partial charge in [-0.1, -0.05) is 11.6 Å². The lowest BCUT2D eigenvalue weighted by Crippen LogP contribution is -2.37. The van der Waals surface area contributed by atoms with Crippen LogP contribution >= 0.6 is 11.6 Å². The van der Waals surface area contributed by atoms with Crippen LogP contribution in [-0.2, 0) is 4.74 Å². The number of rotatable bonds is 4. The van der Waals surface area contributed by atoms with Crippen molar-refractivity contribution in [3.8, 4) is 0 Å². The third-order valence-corrected chi connectivity index (χ3v) is 2.59. The van der Waals surface area contributed by atoms with Crippen molar-refractivity contribution in [3.05, 3.63) is 11.2 Å². The van der Waals surface area contributed by atoms with Gasteiger partial charge in [0, 0.05) is 25.7 Å². The van der Waals surface area contributed by atoms with E-state index in [2.05, 4.69) is 15.3 Å². The summed E-state index contributed by atoms with van der Waals surface area (Å²) < 4.78 is 5.27. The molecular weight excluding hydrogens is 244 g/mol. The number of morpholine rings is 1. The Balaban J connectivity index is 2.12. The zero-order valence-electron chi connectivity index (χ0n) is 9.40. The summed E-state index contributed by atoms with van der Waals surface area (Å²) in [5.41, 5.74) is 0. The van der Waals surface area contributed by atoms with Gasteiger partial charge in [-0.05, 0) is 0 Å². The van der Waals surface area contributed by atoms with Crippen LogP contribution in [0.2, 0.25) is 5.15 Å². The molecular formula is C10H15ClN4O2. The molecule has 0 spiro atoms. The van der Waals surface area contributed by atoms with Crippen molar-refractivity contribution in [1.29, 1.82) is 0 Å². The number of nitrogens with zero attached hydrogens (tertiary/aromatic N) is 3. The molecule has 0 aliphatic carbocycles. The average Bonchev–Trinajstić information content (AvgIpc) is 2.37. The maximum absolute atomic E-state index is 8.75. The molecule has 1 aromatic heterocycles. The van der Waals surface area contributed by atoms with Gasteiger partial charge in [-0.15, -0.1) is 0 Å². The largest absolute Gasteiger partial charge is 0.395 e. The van der Waals surface area contributed by atoms with Gasteiger partial charge in [-0.3, -0.25) is 0 Å². The first kappa shape index (κ1) is 12.3. The van der Waals surface area contributed by atoms with E-state index in [1.165, 1.54) is 0 Å². The Kier molecular flexibility index (Phi) is 4.36. The average molecular weight is 259 g/mol. The highest BCUT2D eigenvalue weighted by Crippen LogP contribution is 2.17. The van der Waals surface area contributed by atoms with Gasteiger partial charge in [0.15, 0.2) is 0 Å². The fraction of sp³-hybridized carbons (Fsp3) is 0.600. The highest BCUT2D eigenvalue weighted by molar-refractivity contribution is 6.29. The van der Waals surface area contributed by atoms with E-state index in [1.54, 1.807) is 6.07 Å². The van der Waals surface area contributed by atoms with Crippen molar-refractivity contribution in [2.24, 2.45) is 0 Å². The van der Waals surface area contributed by atoms with Crippen LogP contribution in [0.5, 0.6) is 0 Å². The Labute approximate surface area is 105 Å². The molecule has 6 nitrogen and oxygen atoms in total. The first-order valence-electron chi connectivity index (χ1n) is 5.51. The maximum atomic E-state index is 8.75. The number of nitrogens with one attached hydrogen (secondary N) is 1. The van der Waals surface area contributed by atoms with Gasteiger partial charge in [-0.2, -0.15) is 4.98 Å². The lowest BCUT2D eigenvalue weighted by atomic mass is 10.4. The lowest BCUT2D eigenvalue weighted by Gasteiger charge is -2.27. The van der Waals surface area contributed by atoms with Gasteiger partial charge in [-0.25, -0.2) is 4.98 Å². The van der Waals surface area contributed by atoms with Crippen molar-refractivity contribution < 1.29 is 9.84 Å². The van der Waals surface area contributed by atoms with Crippen LogP contribution in [0.1, 0.15) is 0 Å². The van der Waals surface area contributed by atoms with Crippen LogP contribution in [0.25, 0.3) is 0 Å². The molecule has 94 valence electrons. The smallest absolute Gasteiger partial charge is 0.228 e. The topological polar surface area (TPSA) is 70.5 Å². The Bertz CT molecular complexity index is 371. The third-order valence-electron chi connectivity index (χ3n) is 2.39. The van der Waals surface area contributed by atoms with Crippen LogP contribution < -0.4 is 10.2 Å². The molecule has 1 fully saturated rings. The minimum absolute atomic E-state index is 0.0501. The number of anilines is 2. The van der Waals surface area contributed by atoms with Gasteiger partial charge >= 0.3 is 0 Å². The first-order chi connectivity index (χ1) is 8.29. The molecule has 0 saturated carbocycles. The lowest BCUT2D eigenvalue weighted by molar-refractivity contribution is 0.122. The van der Waals surface area contributed by atoms with Crippen molar-refractivity contribution in [2.45, 2.75) is 0 Å².